The first-order valence-corrected chi connectivity index (χ1v) is 13.2. The number of carboxylic acid groups (broad SMARTS) is 1. The summed E-state index contributed by atoms with van der Waals surface area (Å²) in [5.74, 6) is 0.375. The number of carbonyl (C=O) groups is 1. The fraction of sp³-hybridized carbons (Fsp3) is 0.323. The Morgan fingerprint density at radius 3 is 2.81 bits per heavy atom. The lowest BCUT2D eigenvalue weighted by Crippen LogP contribution is -2.33. The fourth-order valence-corrected chi connectivity index (χ4v) is 5.75. The van der Waals surface area contributed by atoms with Crippen LogP contribution >= 0.6 is 11.6 Å². The molecule has 0 fully saturated rings. The largest absolute Gasteiger partial charge is 0.490 e. The molecule has 3 atom stereocenters. The molecule has 1 aliphatic heterocycles. The lowest BCUT2D eigenvalue weighted by atomic mass is 9.83. The number of ether oxygens (including phenoxy) is 1. The van der Waals surface area contributed by atoms with Crippen molar-refractivity contribution in [2.75, 3.05) is 6.54 Å². The highest BCUT2D eigenvalue weighted by Crippen LogP contribution is 2.41. The van der Waals surface area contributed by atoms with Crippen molar-refractivity contribution in [3.63, 3.8) is 0 Å². The van der Waals surface area contributed by atoms with Gasteiger partial charge < -0.3 is 9.84 Å². The van der Waals surface area contributed by atoms with Crippen molar-refractivity contribution >= 4 is 23.1 Å². The molecule has 3 aromatic carbocycles. The van der Waals surface area contributed by atoms with E-state index in [2.05, 4.69) is 59.9 Å². The molecular weight excluding hydrogens is 470 g/mol. The molecule has 0 aromatic heterocycles. The van der Waals surface area contributed by atoms with Gasteiger partial charge in [-0.2, -0.15) is 0 Å². The van der Waals surface area contributed by atoms with Crippen LogP contribution in [0.3, 0.4) is 0 Å². The predicted octanol–water partition coefficient (Wildman–Crippen LogP) is 6.56. The van der Waals surface area contributed by atoms with Gasteiger partial charge in [0.15, 0.2) is 0 Å². The second kappa shape index (κ2) is 11.3. The summed E-state index contributed by atoms with van der Waals surface area (Å²) in [6, 6.07) is 25.1. The third-order valence-electron chi connectivity index (χ3n) is 7.24. The molecule has 36 heavy (non-hydrogen) atoms. The molecule has 3 aromatic rings. The average Bonchev–Trinajstić information content (AvgIpc) is 2.91. The second-order valence-electron chi connectivity index (χ2n) is 9.67. The SMILES string of the molecule is O=C(O)CCc1cccc(C2CC(CCNC(Cl)C3=CCCc4ccccc43)Oc3ccccc32)c1. The summed E-state index contributed by atoms with van der Waals surface area (Å²) >= 11 is 6.82. The molecule has 5 heteroatoms. The molecule has 1 aliphatic carbocycles. The van der Waals surface area contributed by atoms with E-state index < -0.39 is 5.97 Å². The minimum atomic E-state index is -0.769. The van der Waals surface area contributed by atoms with Gasteiger partial charge in [0, 0.05) is 24.4 Å². The van der Waals surface area contributed by atoms with Crippen molar-refractivity contribution in [3.8, 4) is 5.75 Å². The van der Waals surface area contributed by atoms with Gasteiger partial charge in [-0.1, -0.05) is 72.8 Å². The van der Waals surface area contributed by atoms with Gasteiger partial charge >= 0.3 is 5.97 Å². The van der Waals surface area contributed by atoms with Crippen molar-refractivity contribution in [2.45, 2.75) is 56.0 Å². The highest BCUT2D eigenvalue weighted by molar-refractivity contribution is 6.26. The molecule has 1 heterocycles. The second-order valence-corrected chi connectivity index (χ2v) is 10.1. The van der Waals surface area contributed by atoms with Crippen molar-refractivity contribution in [1.29, 1.82) is 0 Å². The Morgan fingerprint density at radius 1 is 1.08 bits per heavy atom. The number of para-hydroxylation sites is 1. The summed E-state index contributed by atoms with van der Waals surface area (Å²) in [5, 5.41) is 12.6. The number of halogens is 1. The molecule has 2 N–H and O–H groups in total. The fourth-order valence-electron chi connectivity index (χ4n) is 5.44. The first-order valence-electron chi connectivity index (χ1n) is 12.8. The number of fused-ring (bicyclic) bond motifs is 2. The van der Waals surface area contributed by atoms with Crippen molar-refractivity contribution in [2.24, 2.45) is 0 Å². The Morgan fingerprint density at radius 2 is 1.92 bits per heavy atom. The van der Waals surface area contributed by atoms with E-state index in [-0.39, 0.29) is 23.9 Å². The number of nitrogens with one attached hydrogen (secondary N) is 1. The van der Waals surface area contributed by atoms with Gasteiger partial charge in [-0.25, -0.2) is 0 Å². The van der Waals surface area contributed by atoms with Crippen LogP contribution in [-0.4, -0.2) is 29.2 Å². The molecule has 0 spiro atoms. The Labute approximate surface area is 218 Å². The average molecular weight is 502 g/mol. The maximum Gasteiger partial charge on any atom is 0.303 e. The maximum atomic E-state index is 11.0. The zero-order valence-electron chi connectivity index (χ0n) is 20.3. The lowest BCUT2D eigenvalue weighted by Gasteiger charge is -2.33. The number of allylic oxidation sites excluding steroid dienone is 1. The van der Waals surface area contributed by atoms with Crippen LogP contribution in [0.4, 0.5) is 0 Å². The minimum Gasteiger partial charge on any atom is -0.490 e. The number of hydrogen-bond donors (Lipinski definition) is 2. The van der Waals surface area contributed by atoms with Crippen molar-refractivity contribution < 1.29 is 14.6 Å². The molecule has 5 rings (SSSR count). The smallest absolute Gasteiger partial charge is 0.303 e. The summed E-state index contributed by atoms with van der Waals surface area (Å²) in [6.07, 6.45) is 6.82. The van der Waals surface area contributed by atoms with Crippen LogP contribution in [0.2, 0.25) is 0 Å². The Bertz CT molecular complexity index is 1250. The van der Waals surface area contributed by atoms with Gasteiger partial charge in [0.05, 0.1) is 0 Å². The van der Waals surface area contributed by atoms with E-state index in [1.807, 2.05) is 24.3 Å². The maximum absolute atomic E-state index is 11.0. The Balaban J connectivity index is 1.26. The van der Waals surface area contributed by atoms with Crippen LogP contribution < -0.4 is 10.1 Å². The third-order valence-corrected chi connectivity index (χ3v) is 7.63. The summed E-state index contributed by atoms with van der Waals surface area (Å²) in [7, 11) is 0. The van der Waals surface area contributed by atoms with Crippen LogP contribution in [0.25, 0.3) is 5.57 Å². The molecule has 0 amide bonds. The molecule has 3 unspecified atom stereocenters. The number of carboxylic acids is 1. The molecule has 2 aliphatic rings. The van der Waals surface area contributed by atoms with Crippen LogP contribution in [0.1, 0.15) is 59.4 Å². The van der Waals surface area contributed by atoms with E-state index in [1.165, 1.54) is 27.8 Å². The van der Waals surface area contributed by atoms with Crippen molar-refractivity contribution in [1.82, 2.24) is 5.32 Å². The summed E-state index contributed by atoms with van der Waals surface area (Å²) in [5.41, 5.74) is 7.02. The van der Waals surface area contributed by atoms with Crippen LogP contribution in [-0.2, 0) is 17.6 Å². The lowest BCUT2D eigenvalue weighted by molar-refractivity contribution is -0.136. The highest BCUT2D eigenvalue weighted by atomic mass is 35.5. The number of aliphatic carboxylic acids is 1. The van der Waals surface area contributed by atoms with E-state index >= 15 is 0 Å². The van der Waals surface area contributed by atoms with Gasteiger partial charge in [-0.15, -0.1) is 11.6 Å². The number of benzene rings is 3. The number of rotatable bonds is 9. The quantitative estimate of drug-likeness (QED) is 0.257. The van der Waals surface area contributed by atoms with Gasteiger partial charge in [-0.05, 0) is 66.0 Å². The molecule has 0 saturated carbocycles. The van der Waals surface area contributed by atoms with E-state index in [4.69, 9.17) is 21.4 Å². The van der Waals surface area contributed by atoms with Crippen LogP contribution in [0.15, 0.2) is 78.9 Å². The first-order chi connectivity index (χ1) is 17.6. The zero-order valence-corrected chi connectivity index (χ0v) is 21.1. The highest BCUT2D eigenvalue weighted by Gasteiger charge is 2.29. The topological polar surface area (TPSA) is 58.6 Å². The molecule has 0 bridgehead atoms. The monoisotopic (exact) mass is 501 g/mol. The Hall–Kier alpha value is -3.08. The summed E-state index contributed by atoms with van der Waals surface area (Å²) < 4.78 is 6.40. The van der Waals surface area contributed by atoms with Crippen LogP contribution in [0.5, 0.6) is 5.75 Å². The Kier molecular flexibility index (Phi) is 7.74. The number of aryl methyl sites for hydroxylation is 2. The van der Waals surface area contributed by atoms with E-state index in [0.717, 1.165) is 43.5 Å². The van der Waals surface area contributed by atoms with Gasteiger partial charge in [0.25, 0.3) is 0 Å². The van der Waals surface area contributed by atoms with Gasteiger partial charge in [0.1, 0.15) is 17.4 Å². The first kappa shape index (κ1) is 24.6. The molecule has 0 radical (unpaired) electrons. The molecular formula is C31H32ClNO3. The number of alkyl halides is 1. The molecule has 4 nitrogen and oxygen atoms in total. The summed E-state index contributed by atoms with van der Waals surface area (Å²) in [4.78, 5) is 11.0. The van der Waals surface area contributed by atoms with Crippen molar-refractivity contribution in [3.05, 3.63) is 107 Å². The normalized spacial score (nSPS) is 19.4. The van der Waals surface area contributed by atoms with Gasteiger partial charge in [-0.3, -0.25) is 10.1 Å². The molecule has 0 saturated heterocycles. The van der Waals surface area contributed by atoms with E-state index in [0.29, 0.717) is 6.42 Å². The van der Waals surface area contributed by atoms with Crippen LogP contribution in [0, 0.1) is 0 Å². The molecule has 186 valence electrons. The number of hydrogen-bond acceptors (Lipinski definition) is 3. The summed E-state index contributed by atoms with van der Waals surface area (Å²) in [6.45, 7) is 0.756. The zero-order chi connectivity index (χ0) is 24.9. The minimum absolute atomic E-state index is 0.0663. The van der Waals surface area contributed by atoms with E-state index in [9.17, 15) is 4.79 Å². The van der Waals surface area contributed by atoms with Gasteiger partial charge in [0.2, 0.25) is 0 Å². The standard InChI is InChI=1S/C31H32ClNO3/c32-31(27-13-6-9-22-8-1-2-11-25(22)27)33-18-17-24-20-28(26-12-3-4-14-29(26)36-24)23-10-5-7-21(19-23)15-16-30(34)35/h1-5,7-8,10-14,19,24,28,31,33H,6,9,15-18,20H2,(H,34,35). The predicted molar refractivity (Wildman–Crippen MR) is 145 cm³/mol. The van der Waals surface area contributed by atoms with E-state index in [1.54, 1.807) is 0 Å². The third kappa shape index (κ3) is 5.66.